The summed E-state index contributed by atoms with van der Waals surface area (Å²) in [6.45, 7) is 2.39. The lowest BCUT2D eigenvalue weighted by molar-refractivity contribution is -0.143. The van der Waals surface area contributed by atoms with Gasteiger partial charge in [0.05, 0.1) is 5.56 Å². The van der Waals surface area contributed by atoms with Gasteiger partial charge in [0.1, 0.15) is 17.9 Å². The molecule has 2 aliphatic rings. The van der Waals surface area contributed by atoms with Crippen molar-refractivity contribution in [2.24, 2.45) is 0 Å². The molecule has 3 aromatic rings. The van der Waals surface area contributed by atoms with Gasteiger partial charge in [0, 0.05) is 59.6 Å². The Morgan fingerprint density at radius 1 is 1.19 bits per heavy atom. The Morgan fingerprint density at radius 3 is 2.72 bits per heavy atom. The number of hydrogen-bond acceptors (Lipinski definition) is 5. The first kappa shape index (κ1) is 20.8. The summed E-state index contributed by atoms with van der Waals surface area (Å²) in [6, 6.07) is 9.02. The van der Waals surface area contributed by atoms with Crippen LogP contribution in [0.5, 0.6) is 0 Å². The molecule has 1 aliphatic heterocycles. The summed E-state index contributed by atoms with van der Waals surface area (Å²) >= 11 is 6.08. The van der Waals surface area contributed by atoms with Crippen LogP contribution in [0.2, 0.25) is 5.02 Å². The third-order valence-corrected chi connectivity index (χ3v) is 6.82. The zero-order chi connectivity index (χ0) is 22.2. The number of nitrogens with zero attached hydrogens (tertiary/aromatic N) is 4. The number of hydrogen-bond donors (Lipinski definition) is 2. The van der Waals surface area contributed by atoms with Crippen molar-refractivity contribution in [2.75, 3.05) is 31.1 Å². The van der Waals surface area contributed by atoms with E-state index in [1.807, 2.05) is 23.1 Å². The molecule has 3 heterocycles. The minimum absolute atomic E-state index is 0.570. The highest BCUT2D eigenvalue weighted by Crippen LogP contribution is 2.32. The first-order chi connectivity index (χ1) is 15.5. The average Bonchev–Trinajstić information content (AvgIpc) is 3.21. The van der Waals surface area contributed by atoms with Crippen LogP contribution in [0.3, 0.4) is 0 Å². The van der Waals surface area contributed by atoms with Crippen LogP contribution < -0.4 is 4.90 Å². The van der Waals surface area contributed by atoms with Gasteiger partial charge in [0.2, 0.25) is 0 Å². The molecule has 1 atom stereocenters. The molecule has 0 radical (unpaired) electrons. The van der Waals surface area contributed by atoms with Gasteiger partial charge in [-0.3, -0.25) is 9.69 Å². The summed E-state index contributed by atoms with van der Waals surface area (Å²) in [4.78, 5) is 24.4. The van der Waals surface area contributed by atoms with Gasteiger partial charge in [-0.05, 0) is 49.4 Å². The Hall–Kier alpha value is -3.08. The van der Waals surface area contributed by atoms with Gasteiger partial charge in [-0.1, -0.05) is 17.7 Å². The first-order valence-electron chi connectivity index (χ1n) is 11.0. The monoisotopic (exact) mass is 449 g/mol. The molecule has 2 aromatic heterocycles. The number of fused-ring (bicyclic) bond motifs is 2. The Kier molecular flexibility index (Phi) is 5.50. The molecule has 32 heavy (non-hydrogen) atoms. The number of nitrogens with one attached hydrogen (secondary N) is 1. The Morgan fingerprint density at radius 2 is 1.97 bits per heavy atom. The SMILES string of the molecule is N#Cc1cc2c(nc1N1CCN([C@H](C(=O)O)c3c[nH]c4cc(Cl)ccc34)CC1)CCCC2. The van der Waals surface area contributed by atoms with Gasteiger partial charge < -0.3 is 15.0 Å². The molecule has 8 heteroatoms. The highest BCUT2D eigenvalue weighted by atomic mass is 35.5. The molecule has 0 unspecified atom stereocenters. The summed E-state index contributed by atoms with van der Waals surface area (Å²) < 4.78 is 0. The Labute approximate surface area is 191 Å². The van der Waals surface area contributed by atoms with Crippen LogP contribution >= 0.6 is 11.6 Å². The van der Waals surface area contributed by atoms with Crippen LogP contribution in [-0.4, -0.2) is 52.1 Å². The van der Waals surface area contributed by atoms with Crippen molar-refractivity contribution in [1.29, 1.82) is 5.26 Å². The van der Waals surface area contributed by atoms with Gasteiger partial charge in [-0.2, -0.15) is 5.26 Å². The second-order valence-electron chi connectivity index (χ2n) is 8.48. The van der Waals surface area contributed by atoms with E-state index in [9.17, 15) is 15.2 Å². The van der Waals surface area contributed by atoms with Gasteiger partial charge in [-0.25, -0.2) is 4.98 Å². The number of anilines is 1. The number of aryl methyl sites for hydroxylation is 2. The van der Waals surface area contributed by atoms with Crippen molar-refractivity contribution in [1.82, 2.24) is 14.9 Å². The molecular weight excluding hydrogens is 426 g/mol. The maximum Gasteiger partial charge on any atom is 0.325 e. The molecule has 1 fully saturated rings. The number of nitriles is 1. The molecule has 1 aromatic carbocycles. The highest BCUT2D eigenvalue weighted by Gasteiger charge is 2.33. The minimum Gasteiger partial charge on any atom is -0.480 e. The molecule has 0 amide bonds. The summed E-state index contributed by atoms with van der Waals surface area (Å²) in [6.07, 6.45) is 6.00. The van der Waals surface area contributed by atoms with Crippen LogP contribution in [-0.2, 0) is 17.6 Å². The van der Waals surface area contributed by atoms with Gasteiger partial charge in [0.15, 0.2) is 0 Å². The molecule has 2 N–H and O–H groups in total. The quantitative estimate of drug-likeness (QED) is 0.626. The molecule has 0 spiro atoms. The summed E-state index contributed by atoms with van der Waals surface area (Å²) in [5, 5.41) is 21.2. The Bertz CT molecular complexity index is 1220. The molecule has 0 saturated carbocycles. The number of halogens is 1. The van der Waals surface area contributed by atoms with Crippen LogP contribution in [0.15, 0.2) is 30.5 Å². The predicted molar refractivity (Wildman–Crippen MR) is 123 cm³/mol. The normalized spacial score (nSPS) is 17.7. The van der Waals surface area contributed by atoms with E-state index in [1.165, 1.54) is 5.56 Å². The predicted octanol–water partition coefficient (Wildman–Crippen LogP) is 3.91. The fourth-order valence-corrected chi connectivity index (χ4v) is 5.14. The second kappa shape index (κ2) is 8.45. The van der Waals surface area contributed by atoms with Crippen molar-refractivity contribution in [3.05, 3.63) is 57.9 Å². The van der Waals surface area contributed by atoms with E-state index in [1.54, 1.807) is 12.3 Å². The molecule has 7 nitrogen and oxygen atoms in total. The minimum atomic E-state index is -0.876. The van der Waals surface area contributed by atoms with Crippen LogP contribution in [0, 0.1) is 11.3 Å². The number of pyridine rings is 1. The summed E-state index contributed by atoms with van der Waals surface area (Å²) in [5.74, 6) is -0.139. The standard InChI is InChI=1S/C24H24ClN5O2/c25-17-5-6-18-19(14-27-21(18)12-17)22(24(31)32)29-7-9-30(10-8-29)23-16(13-26)11-15-3-1-2-4-20(15)28-23/h5-6,11-12,14,22,27H,1-4,7-10H2,(H,31,32)/t22-/m0/s1. The van der Waals surface area contributed by atoms with Crippen molar-refractivity contribution >= 4 is 34.3 Å². The average molecular weight is 450 g/mol. The van der Waals surface area contributed by atoms with Gasteiger partial charge in [0.25, 0.3) is 0 Å². The van der Waals surface area contributed by atoms with Crippen LogP contribution in [0.1, 0.15) is 41.3 Å². The summed E-state index contributed by atoms with van der Waals surface area (Å²) in [5.41, 5.74) is 4.48. The fourth-order valence-electron chi connectivity index (χ4n) is 4.97. The van der Waals surface area contributed by atoms with E-state index in [-0.39, 0.29) is 0 Å². The lowest BCUT2D eigenvalue weighted by atomic mass is 9.94. The van der Waals surface area contributed by atoms with E-state index in [2.05, 4.69) is 16.0 Å². The number of benzene rings is 1. The number of aliphatic carboxylic acids is 1. The van der Waals surface area contributed by atoms with Gasteiger partial charge >= 0.3 is 5.97 Å². The first-order valence-corrected chi connectivity index (χ1v) is 11.3. The third kappa shape index (κ3) is 3.70. The zero-order valence-electron chi connectivity index (χ0n) is 17.6. The van der Waals surface area contributed by atoms with Crippen LogP contribution in [0.4, 0.5) is 5.82 Å². The largest absolute Gasteiger partial charge is 0.480 e. The number of aromatic amines is 1. The van der Waals surface area contributed by atoms with E-state index in [4.69, 9.17) is 16.6 Å². The number of aromatic nitrogens is 2. The third-order valence-electron chi connectivity index (χ3n) is 6.58. The van der Waals surface area contributed by atoms with Crippen molar-refractivity contribution in [3.8, 4) is 6.07 Å². The highest BCUT2D eigenvalue weighted by molar-refractivity contribution is 6.31. The van der Waals surface area contributed by atoms with Crippen molar-refractivity contribution in [2.45, 2.75) is 31.7 Å². The number of rotatable bonds is 4. The lowest BCUT2D eigenvalue weighted by Crippen LogP contribution is -2.49. The lowest BCUT2D eigenvalue weighted by Gasteiger charge is -2.38. The van der Waals surface area contributed by atoms with Gasteiger partial charge in [-0.15, -0.1) is 0 Å². The Balaban J connectivity index is 1.38. The molecule has 1 aliphatic carbocycles. The van der Waals surface area contributed by atoms with Crippen LogP contribution in [0.25, 0.3) is 10.9 Å². The van der Waals surface area contributed by atoms with E-state index < -0.39 is 12.0 Å². The number of carboxylic acid groups (broad SMARTS) is 1. The molecule has 164 valence electrons. The van der Waals surface area contributed by atoms with Crippen molar-refractivity contribution in [3.63, 3.8) is 0 Å². The molecule has 0 bridgehead atoms. The maximum absolute atomic E-state index is 12.3. The number of piperazine rings is 1. The fraction of sp³-hybridized carbons (Fsp3) is 0.375. The number of H-pyrrole nitrogens is 1. The smallest absolute Gasteiger partial charge is 0.325 e. The van der Waals surface area contributed by atoms with Crippen molar-refractivity contribution < 1.29 is 9.90 Å². The van der Waals surface area contributed by atoms with E-state index in [0.717, 1.165) is 53.7 Å². The van der Waals surface area contributed by atoms with E-state index in [0.29, 0.717) is 36.8 Å². The molecule has 1 saturated heterocycles. The summed E-state index contributed by atoms with van der Waals surface area (Å²) in [7, 11) is 0. The number of carbonyl (C=O) groups is 1. The molecule has 5 rings (SSSR count). The molecular formula is C24H24ClN5O2. The maximum atomic E-state index is 12.3. The topological polar surface area (TPSA) is 96.2 Å². The zero-order valence-corrected chi connectivity index (χ0v) is 18.4. The second-order valence-corrected chi connectivity index (χ2v) is 8.92. The van der Waals surface area contributed by atoms with E-state index >= 15 is 0 Å². The number of carboxylic acids is 1.